The second kappa shape index (κ2) is 8.13. The minimum atomic E-state index is -4.74. The molecule has 0 fully saturated rings. The quantitative estimate of drug-likeness (QED) is 0.533. The highest BCUT2D eigenvalue weighted by atomic mass is 35.5. The molecule has 3 N–H and O–H groups in total. The van der Waals surface area contributed by atoms with Gasteiger partial charge in [-0.3, -0.25) is 4.79 Å². The number of rotatable bonds is 6. The molecule has 6 nitrogen and oxygen atoms in total. The third kappa shape index (κ3) is 4.51. The third-order valence-electron chi connectivity index (χ3n) is 5.40. The van der Waals surface area contributed by atoms with E-state index in [1.165, 1.54) is 39.0 Å². The molecule has 32 heavy (non-hydrogen) atoms. The van der Waals surface area contributed by atoms with Crippen LogP contribution in [-0.4, -0.2) is 26.9 Å². The monoisotopic (exact) mass is 474 g/mol. The van der Waals surface area contributed by atoms with E-state index in [0.717, 1.165) is 12.1 Å². The number of carboxylic acids is 1. The Balaban J connectivity index is 1.92. The maximum Gasteiger partial charge on any atom is 0.419 e. The highest BCUT2D eigenvalue weighted by Gasteiger charge is 2.54. The lowest BCUT2D eigenvalue weighted by Crippen LogP contribution is -2.46. The number of carbonyl (C=O) groups is 1. The zero-order valence-electron chi connectivity index (χ0n) is 17.5. The van der Waals surface area contributed by atoms with Gasteiger partial charge in [0.2, 0.25) is 5.79 Å². The molecule has 0 radical (unpaired) electrons. The Morgan fingerprint density at radius 2 is 1.88 bits per heavy atom. The maximum atomic E-state index is 13.6. The molecule has 1 aliphatic heterocycles. The van der Waals surface area contributed by atoms with Crippen LogP contribution in [0, 0.1) is 5.92 Å². The first-order chi connectivity index (χ1) is 14.6. The predicted molar refractivity (Wildman–Crippen MR) is 109 cm³/mol. The molecule has 0 bridgehead atoms. The van der Waals surface area contributed by atoms with Crippen molar-refractivity contribution in [2.24, 2.45) is 5.92 Å². The van der Waals surface area contributed by atoms with E-state index in [9.17, 15) is 28.2 Å². The van der Waals surface area contributed by atoms with Crippen LogP contribution < -0.4 is 9.47 Å². The minimum Gasteiger partial charge on any atom is -0.488 e. The summed E-state index contributed by atoms with van der Waals surface area (Å²) in [6.07, 6.45) is -4.81. The normalized spacial score (nSPS) is 17.4. The SMILES string of the molecule is CC(Cc1ccc(OCc2cc(Cl)cc3c2OC(C)(C)C3(O)O)c(C(F)(F)F)c1)C(=O)O. The van der Waals surface area contributed by atoms with Crippen LogP contribution in [-0.2, 0) is 29.8 Å². The van der Waals surface area contributed by atoms with Crippen molar-refractivity contribution >= 4 is 17.6 Å². The molecule has 0 saturated heterocycles. The van der Waals surface area contributed by atoms with Crippen molar-refractivity contribution in [3.8, 4) is 11.5 Å². The third-order valence-corrected chi connectivity index (χ3v) is 5.62. The number of ether oxygens (including phenoxy) is 2. The largest absolute Gasteiger partial charge is 0.488 e. The van der Waals surface area contributed by atoms with E-state index in [2.05, 4.69) is 0 Å². The van der Waals surface area contributed by atoms with Gasteiger partial charge >= 0.3 is 12.1 Å². The van der Waals surface area contributed by atoms with Gasteiger partial charge in [-0.25, -0.2) is 0 Å². The molecule has 0 saturated carbocycles. The van der Waals surface area contributed by atoms with Gasteiger partial charge in [0.05, 0.1) is 17.0 Å². The van der Waals surface area contributed by atoms with Crippen LogP contribution >= 0.6 is 11.6 Å². The molecule has 2 aromatic rings. The molecule has 0 spiro atoms. The summed E-state index contributed by atoms with van der Waals surface area (Å²) in [4.78, 5) is 11.0. The van der Waals surface area contributed by atoms with Crippen molar-refractivity contribution in [1.82, 2.24) is 0 Å². The lowest BCUT2D eigenvalue weighted by Gasteiger charge is -2.29. The average Bonchev–Trinajstić information content (AvgIpc) is 2.84. The van der Waals surface area contributed by atoms with E-state index in [1.807, 2.05) is 0 Å². The Hall–Kier alpha value is -2.49. The van der Waals surface area contributed by atoms with E-state index < -0.39 is 40.8 Å². The maximum absolute atomic E-state index is 13.6. The van der Waals surface area contributed by atoms with E-state index >= 15 is 0 Å². The van der Waals surface area contributed by atoms with Gasteiger partial charge in [-0.2, -0.15) is 13.2 Å². The molecule has 174 valence electrons. The number of aliphatic hydroxyl groups is 2. The fraction of sp³-hybridized carbons (Fsp3) is 0.409. The van der Waals surface area contributed by atoms with E-state index in [4.69, 9.17) is 26.2 Å². The Kier molecular flexibility index (Phi) is 6.14. The van der Waals surface area contributed by atoms with Crippen LogP contribution in [0.25, 0.3) is 0 Å². The number of carboxylic acid groups (broad SMARTS) is 1. The number of hydrogen-bond acceptors (Lipinski definition) is 5. The Morgan fingerprint density at radius 3 is 2.47 bits per heavy atom. The topological polar surface area (TPSA) is 96.2 Å². The lowest BCUT2D eigenvalue weighted by molar-refractivity contribution is -0.243. The van der Waals surface area contributed by atoms with Crippen molar-refractivity contribution in [2.75, 3.05) is 0 Å². The number of fused-ring (bicyclic) bond motifs is 1. The van der Waals surface area contributed by atoms with Crippen molar-refractivity contribution in [2.45, 2.75) is 51.4 Å². The summed E-state index contributed by atoms with van der Waals surface area (Å²) in [6, 6.07) is 6.09. The van der Waals surface area contributed by atoms with Crippen molar-refractivity contribution in [1.29, 1.82) is 0 Å². The van der Waals surface area contributed by atoms with Gasteiger partial charge in [0, 0.05) is 10.6 Å². The van der Waals surface area contributed by atoms with E-state index in [1.54, 1.807) is 0 Å². The van der Waals surface area contributed by atoms with E-state index in [-0.39, 0.29) is 40.5 Å². The highest BCUT2D eigenvalue weighted by Crippen LogP contribution is 2.49. The molecular weight excluding hydrogens is 453 g/mol. The second-order valence-electron chi connectivity index (χ2n) is 8.29. The number of benzene rings is 2. The van der Waals surface area contributed by atoms with Crippen molar-refractivity contribution in [3.05, 3.63) is 57.6 Å². The number of hydrogen-bond donors (Lipinski definition) is 3. The number of halogens is 4. The van der Waals surface area contributed by atoms with Gasteiger partial charge in [-0.1, -0.05) is 24.6 Å². The van der Waals surface area contributed by atoms with Crippen LogP contribution in [0.15, 0.2) is 30.3 Å². The first-order valence-corrected chi connectivity index (χ1v) is 10.0. The number of aliphatic carboxylic acids is 1. The molecule has 0 aromatic heterocycles. The Morgan fingerprint density at radius 1 is 1.22 bits per heavy atom. The summed E-state index contributed by atoms with van der Waals surface area (Å²) in [5.74, 6) is -4.71. The van der Waals surface area contributed by atoms with Crippen LogP contribution in [0.2, 0.25) is 5.02 Å². The molecule has 1 atom stereocenters. The number of alkyl halides is 3. The van der Waals surface area contributed by atoms with Gasteiger partial charge in [-0.15, -0.1) is 0 Å². The standard InChI is InChI=1S/C22H22ClF3O6/c1-11(19(27)28)6-12-4-5-17(15(7-12)22(24,25)26)31-10-13-8-14(23)9-16-18(13)32-20(2,3)21(16,29)30/h4-5,7-9,11,29-30H,6,10H2,1-3H3,(H,27,28). The second-order valence-corrected chi connectivity index (χ2v) is 8.72. The van der Waals surface area contributed by atoms with Crippen LogP contribution in [0.5, 0.6) is 11.5 Å². The fourth-order valence-electron chi connectivity index (χ4n) is 3.44. The summed E-state index contributed by atoms with van der Waals surface area (Å²) in [6.45, 7) is 3.92. The van der Waals surface area contributed by atoms with Gasteiger partial charge < -0.3 is 24.8 Å². The van der Waals surface area contributed by atoms with Gasteiger partial charge in [0.15, 0.2) is 5.60 Å². The Labute approximate surface area is 187 Å². The van der Waals surface area contributed by atoms with Crippen LogP contribution in [0.3, 0.4) is 0 Å². The zero-order chi connectivity index (χ0) is 24.1. The molecule has 1 heterocycles. The molecule has 0 aliphatic carbocycles. The average molecular weight is 475 g/mol. The van der Waals surface area contributed by atoms with E-state index in [0.29, 0.717) is 0 Å². The molecular formula is C22H22ClF3O6. The Bertz CT molecular complexity index is 1050. The lowest BCUT2D eigenvalue weighted by atomic mass is 9.92. The van der Waals surface area contributed by atoms with Crippen molar-refractivity contribution in [3.63, 3.8) is 0 Å². The molecule has 3 rings (SSSR count). The van der Waals surface area contributed by atoms with Gasteiger partial charge in [0.25, 0.3) is 0 Å². The highest BCUT2D eigenvalue weighted by molar-refractivity contribution is 6.30. The molecule has 1 unspecified atom stereocenters. The molecule has 1 aliphatic rings. The minimum absolute atomic E-state index is 0.0114. The first kappa shape index (κ1) is 24.2. The fourth-order valence-corrected chi connectivity index (χ4v) is 3.68. The molecule has 10 heteroatoms. The summed E-state index contributed by atoms with van der Waals surface area (Å²) >= 11 is 6.07. The first-order valence-electron chi connectivity index (χ1n) is 9.66. The summed E-state index contributed by atoms with van der Waals surface area (Å²) in [5.41, 5.74) is -2.04. The summed E-state index contributed by atoms with van der Waals surface area (Å²) in [7, 11) is 0. The van der Waals surface area contributed by atoms with Gasteiger partial charge in [-0.05, 0) is 50.1 Å². The van der Waals surface area contributed by atoms with Crippen LogP contribution in [0.4, 0.5) is 13.2 Å². The predicted octanol–water partition coefficient (Wildman–Crippen LogP) is 4.51. The molecule has 0 amide bonds. The smallest absolute Gasteiger partial charge is 0.419 e. The zero-order valence-corrected chi connectivity index (χ0v) is 18.2. The van der Waals surface area contributed by atoms with Gasteiger partial charge in [0.1, 0.15) is 18.1 Å². The molecule has 2 aromatic carbocycles. The summed E-state index contributed by atoms with van der Waals surface area (Å²) in [5, 5.41) is 30.0. The van der Waals surface area contributed by atoms with Crippen LogP contribution in [0.1, 0.15) is 43.0 Å². The van der Waals surface area contributed by atoms with Crippen molar-refractivity contribution < 1.29 is 42.8 Å². The summed E-state index contributed by atoms with van der Waals surface area (Å²) < 4.78 is 52.0.